The van der Waals surface area contributed by atoms with Crippen molar-refractivity contribution < 1.29 is 5.11 Å². The van der Waals surface area contributed by atoms with Gasteiger partial charge in [0.25, 0.3) is 0 Å². The molecule has 1 aliphatic rings. The minimum absolute atomic E-state index is 0.0688. The number of rotatable bonds is 8. The van der Waals surface area contributed by atoms with Crippen molar-refractivity contribution in [3.05, 3.63) is 70.4 Å². The summed E-state index contributed by atoms with van der Waals surface area (Å²) in [5.41, 5.74) is 1.26. The first-order valence-corrected chi connectivity index (χ1v) is 11.6. The highest BCUT2D eigenvalue weighted by atomic mass is 32.1. The molecule has 0 radical (unpaired) electrons. The molecule has 2 aromatic carbocycles. The van der Waals surface area contributed by atoms with Gasteiger partial charge in [-0.15, -0.1) is 11.3 Å². The lowest BCUT2D eigenvalue weighted by Gasteiger charge is -2.32. The van der Waals surface area contributed by atoms with Gasteiger partial charge in [0, 0.05) is 29.5 Å². The van der Waals surface area contributed by atoms with Crippen LogP contribution in [0, 0.1) is 0 Å². The van der Waals surface area contributed by atoms with Gasteiger partial charge in [0.2, 0.25) is 0 Å². The van der Waals surface area contributed by atoms with Crippen LogP contribution in [0.25, 0.3) is 10.8 Å². The third-order valence-corrected chi connectivity index (χ3v) is 6.91. The number of likely N-dealkylation sites (tertiary alicyclic amines) is 1. The Hall–Kier alpha value is -1.72. The summed E-state index contributed by atoms with van der Waals surface area (Å²) < 4.78 is 0. The lowest BCUT2D eigenvalue weighted by atomic mass is 9.93. The number of hydrogen-bond acceptors (Lipinski definition) is 4. The molecule has 1 aliphatic heterocycles. The van der Waals surface area contributed by atoms with Crippen LogP contribution in [0.15, 0.2) is 60.0 Å². The van der Waals surface area contributed by atoms with Gasteiger partial charge in [-0.05, 0) is 67.4 Å². The molecule has 2 heterocycles. The highest BCUT2D eigenvalue weighted by Crippen LogP contribution is 2.25. The van der Waals surface area contributed by atoms with Crippen molar-refractivity contribution in [3.63, 3.8) is 0 Å². The Labute approximate surface area is 178 Å². The van der Waals surface area contributed by atoms with Gasteiger partial charge in [-0.1, -0.05) is 48.5 Å². The van der Waals surface area contributed by atoms with Crippen LogP contribution in [0.2, 0.25) is 0 Å². The summed E-state index contributed by atoms with van der Waals surface area (Å²) in [7, 11) is 0. The Kier molecular flexibility index (Phi) is 6.35. The second-order valence-corrected chi connectivity index (χ2v) is 9.98. The van der Waals surface area contributed by atoms with E-state index in [2.05, 4.69) is 84.0 Å². The second-order valence-electron chi connectivity index (χ2n) is 8.95. The summed E-state index contributed by atoms with van der Waals surface area (Å²) in [6, 6.07) is 19.8. The summed E-state index contributed by atoms with van der Waals surface area (Å²) in [4.78, 5) is 3.84. The molecule has 1 aromatic heterocycles. The van der Waals surface area contributed by atoms with Crippen LogP contribution in [-0.2, 0) is 13.0 Å². The van der Waals surface area contributed by atoms with Crippen molar-refractivity contribution in [2.45, 2.75) is 57.3 Å². The van der Waals surface area contributed by atoms with E-state index in [0.29, 0.717) is 6.54 Å². The average molecular weight is 409 g/mol. The fourth-order valence-corrected chi connectivity index (χ4v) is 5.25. The highest BCUT2D eigenvalue weighted by molar-refractivity contribution is 7.09. The number of fused-ring (bicyclic) bond motifs is 1. The van der Waals surface area contributed by atoms with Gasteiger partial charge in [0.15, 0.2) is 0 Å². The standard InChI is InChI=1S/C25H32N2OS/c1-25(2,16-19-11-12-20-7-3-4-8-21(20)15-19)26-17-24(28)23-10-5-13-27(23)18-22-9-6-14-29-22/h3-4,6-9,11-12,14-15,23-24,26,28H,5,10,13,16-18H2,1-2H3. The molecule has 2 unspecified atom stereocenters. The predicted molar refractivity (Wildman–Crippen MR) is 123 cm³/mol. The molecule has 2 N–H and O–H groups in total. The molecule has 0 amide bonds. The predicted octanol–water partition coefficient (Wildman–Crippen LogP) is 4.84. The minimum Gasteiger partial charge on any atom is -0.390 e. The molecule has 4 rings (SSSR count). The van der Waals surface area contributed by atoms with E-state index in [-0.39, 0.29) is 17.7 Å². The number of thiophene rings is 1. The Morgan fingerprint density at radius 1 is 1.14 bits per heavy atom. The first kappa shape index (κ1) is 20.5. The van der Waals surface area contributed by atoms with E-state index in [1.54, 1.807) is 11.3 Å². The molecule has 3 nitrogen and oxygen atoms in total. The van der Waals surface area contributed by atoms with Crippen molar-refractivity contribution in [3.8, 4) is 0 Å². The van der Waals surface area contributed by atoms with Gasteiger partial charge >= 0.3 is 0 Å². The number of nitrogens with one attached hydrogen (secondary N) is 1. The van der Waals surface area contributed by atoms with Gasteiger partial charge in [-0.25, -0.2) is 0 Å². The zero-order valence-electron chi connectivity index (χ0n) is 17.5. The minimum atomic E-state index is -0.339. The number of benzene rings is 2. The molecule has 3 aromatic rings. The first-order chi connectivity index (χ1) is 14.0. The molecule has 2 atom stereocenters. The normalized spacial score (nSPS) is 19.1. The maximum Gasteiger partial charge on any atom is 0.0819 e. The van der Waals surface area contributed by atoms with Crippen molar-refractivity contribution in [1.29, 1.82) is 0 Å². The molecule has 1 saturated heterocycles. The monoisotopic (exact) mass is 408 g/mol. The summed E-state index contributed by atoms with van der Waals surface area (Å²) in [5, 5.41) is 19.3. The van der Waals surface area contributed by atoms with Crippen LogP contribution in [0.4, 0.5) is 0 Å². The van der Waals surface area contributed by atoms with E-state index in [0.717, 1.165) is 25.9 Å². The quantitative estimate of drug-likeness (QED) is 0.560. The lowest BCUT2D eigenvalue weighted by Crippen LogP contribution is -2.50. The molecule has 154 valence electrons. The molecule has 0 spiro atoms. The van der Waals surface area contributed by atoms with Crippen molar-refractivity contribution in [2.24, 2.45) is 0 Å². The fraction of sp³-hybridized carbons (Fsp3) is 0.440. The third kappa shape index (κ3) is 5.26. The first-order valence-electron chi connectivity index (χ1n) is 10.7. The van der Waals surface area contributed by atoms with Gasteiger partial charge in [0.05, 0.1) is 6.10 Å². The van der Waals surface area contributed by atoms with Crippen LogP contribution in [-0.4, -0.2) is 40.8 Å². The second kappa shape index (κ2) is 8.97. The maximum absolute atomic E-state index is 10.9. The van der Waals surface area contributed by atoms with Gasteiger partial charge < -0.3 is 10.4 Å². The van der Waals surface area contributed by atoms with Crippen molar-refractivity contribution >= 4 is 22.1 Å². The summed E-state index contributed by atoms with van der Waals surface area (Å²) in [6.45, 7) is 7.13. The molecule has 29 heavy (non-hydrogen) atoms. The maximum atomic E-state index is 10.9. The number of aliphatic hydroxyl groups is 1. The summed E-state index contributed by atoms with van der Waals surface area (Å²) in [5.74, 6) is 0. The third-order valence-electron chi connectivity index (χ3n) is 6.05. The van der Waals surface area contributed by atoms with E-state index in [4.69, 9.17) is 0 Å². The van der Waals surface area contributed by atoms with E-state index >= 15 is 0 Å². The smallest absolute Gasteiger partial charge is 0.0819 e. The number of β-amino-alcohol motifs (C(OH)–C–C–N with tert-alkyl or cyclic N) is 1. The van der Waals surface area contributed by atoms with Crippen LogP contribution in [0.5, 0.6) is 0 Å². The van der Waals surface area contributed by atoms with Crippen LogP contribution < -0.4 is 5.32 Å². The topological polar surface area (TPSA) is 35.5 Å². The molecule has 0 aliphatic carbocycles. The van der Waals surface area contributed by atoms with Gasteiger partial charge in [0.1, 0.15) is 0 Å². The Morgan fingerprint density at radius 2 is 1.97 bits per heavy atom. The lowest BCUT2D eigenvalue weighted by molar-refractivity contribution is 0.0637. The molecule has 1 fully saturated rings. The summed E-state index contributed by atoms with van der Waals surface area (Å²) >= 11 is 1.80. The van der Waals surface area contributed by atoms with E-state index < -0.39 is 0 Å². The summed E-state index contributed by atoms with van der Waals surface area (Å²) in [6.07, 6.45) is 2.86. The van der Waals surface area contributed by atoms with E-state index in [1.165, 1.54) is 27.6 Å². The van der Waals surface area contributed by atoms with Crippen LogP contribution in [0.3, 0.4) is 0 Å². The zero-order chi connectivity index (χ0) is 20.3. The highest BCUT2D eigenvalue weighted by Gasteiger charge is 2.31. The SMILES string of the molecule is CC(C)(Cc1ccc2ccccc2c1)NCC(O)C1CCCN1Cc1cccs1. The molecule has 0 saturated carbocycles. The molecular weight excluding hydrogens is 376 g/mol. The molecular formula is C25H32N2OS. The van der Waals surface area contributed by atoms with Gasteiger partial charge in [-0.3, -0.25) is 4.90 Å². The average Bonchev–Trinajstić information content (AvgIpc) is 3.38. The van der Waals surface area contributed by atoms with Crippen LogP contribution >= 0.6 is 11.3 Å². The largest absolute Gasteiger partial charge is 0.390 e. The fourth-order valence-electron chi connectivity index (χ4n) is 4.53. The van der Waals surface area contributed by atoms with Gasteiger partial charge in [-0.2, -0.15) is 0 Å². The van der Waals surface area contributed by atoms with Crippen LogP contribution in [0.1, 0.15) is 37.1 Å². The molecule has 0 bridgehead atoms. The Balaban J connectivity index is 1.33. The number of nitrogens with zero attached hydrogens (tertiary/aromatic N) is 1. The zero-order valence-corrected chi connectivity index (χ0v) is 18.3. The van der Waals surface area contributed by atoms with Crippen molar-refractivity contribution in [1.82, 2.24) is 10.2 Å². The van der Waals surface area contributed by atoms with E-state index in [9.17, 15) is 5.11 Å². The molecule has 4 heteroatoms. The Morgan fingerprint density at radius 3 is 2.76 bits per heavy atom. The Bertz CT molecular complexity index is 921. The number of aliphatic hydroxyl groups excluding tert-OH is 1. The number of hydrogen-bond donors (Lipinski definition) is 2. The van der Waals surface area contributed by atoms with Crippen molar-refractivity contribution in [2.75, 3.05) is 13.1 Å². The van der Waals surface area contributed by atoms with E-state index in [1.807, 2.05) is 0 Å².